The molecule has 0 saturated carbocycles. The molecule has 1 aromatic carbocycles. The fourth-order valence-corrected chi connectivity index (χ4v) is 2.75. The van der Waals surface area contributed by atoms with Gasteiger partial charge in [0.1, 0.15) is 0 Å². The number of nitrogens with one attached hydrogen (secondary N) is 2. The van der Waals surface area contributed by atoms with Crippen LogP contribution in [0.5, 0.6) is 0 Å². The second-order valence-corrected chi connectivity index (χ2v) is 6.07. The van der Waals surface area contributed by atoms with Crippen LogP contribution in [0, 0.1) is 5.92 Å². The normalized spacial score (nSPS) is 22.8. The average molecular weight is 274 g/mol. The van der Waals surface area contributed by atoms with E-state index in [4.69, 9.17) is 0 Å². The lowest BCUT2D eigenvalue weighted by Gasteiger charge is -2.28. The van der Waals surface area contributed by atoms with Crippen LogP contribution in [-0.4, -0.2) is 18.5 Å². The standard InChI is InChI=1S/C17H26N2O/c1-4-13-9-10-18-16(11-13)17(20)19-15-7-5-14(6-8-15)12(2)3/h5-8,12-13,16,18H,4,9-11H2,1-3H3,(H,19,20). The van der Waals surface area contributed by atoms with Crippen molar-refractivity contribution in [3.05, 3.63) is 29.8 Å². The first kappa shape index (κ1) is 15.0. The van der Waals surface area contributed by atoms with Crippen molar-refractivity contribution in [2.75, 3.05) is 11.9 Å². The highest BCUT2D eigenvalue weighted by Gasteiger charge is 2.25. The number of piperidine rings is 1. The quantitative estimate of drug-likeness (QED) is 0.882. The fraction of sp³-hybridized carbons (Fsp3) is 0.588. The van der Waals surface area contributed by atoms with E-state index in [2.05, 4.69) is 43.5 Å². The maximum atomic E-state index is 12.3. The number of hydrogen-bond acceptors (Lipinski definition) is 2. The number of amides is 1. The van der Waals surface area contributed by atoms with Gasteiger partial charge in [0.05, 0.1) is 6.04 Å². The third kappa shape index (κ3) is 3.83. The number of benzene rings is 1. The van der Waals surface area contributed by atoms with Crippen LogP contribution in [0.2, 0.25) is 0 Å². The van der Waals surface area contributed by atoms with Crippen LogP contribution < -0.4 is 10.6 Å². The Balaban J connectivity index is 1.93. The molecule has 0 aliphatic carbocycles. The Kier molecular flexibility index (Phi) is 5.18. The molecular weight excluding hydrogens is 248 g/mol. The van der Waals surface area contributed by atoms with Gasteiger partial charge in [-0.15, -0.1) is 0 Å². The molecule has 0 spiro atoms. The topological polar surface area (TPSA) is 41.1 Å². The summed E-state index contributed by atoms with van der Waals surface area (Å²) >= 11 is 0. The van der Waals surface area contributed by atoms with E-state index in [1.807, 2.05) is 12.1 Å². The predicted molar refractivity (Wildman–Crippen MR) is 84.0 cm³/mol. The van der Waals surface area contributed by atoms with E-state index in [1.54, 1.807) is 0 Å². The van der Waals surface area contributed by atoms with Gasteiger partial charge in [-0.25, -0.2) is 0 Å². The molecule has 1 saturated heterocycles. The second-order valence-electron chi connectivity index (χ2n) is 6.07. The number of hydrogen-bond donors (Lipinski definition) is 2. The van der Waals surface area contributed by atoms with E-state index < -0.39 is 0 Å². The summed E-state index contributed by atoms with van der Waals surface area (Å²) in [4.78, 5) is 12.3. The molecule has 1 aliphatic heterocycles. The Morgan fingerprint density at radius 3 is 2.65 bits per heavy atom. The molecule has 110 valence electrons. The van der Waals surface area contributed by atoms with E-state index >= 15 is 0 Å². The molecule has 1 aliphatic rings. The highest BCUT2D eigenvalue weighted by atomic mass is 16.2. The molecule has 2 N–H and O–H groups in total. The Bertz CT molecular complexity index is 439. The monoisotopic (exact) mass is 274 g/mol. The summed E-state index contributed by atoms with van der Waals surface area (Å²) in [5.41, 5.74) is 2.18. The van der Waals surface area contributed by atoms with Gasteiger partial charge in [0, 0.05) is 5.69 Å². The van der Waals surface area contributed by atoms with Crippen LogP contribution in [0.4, 0.5) is 5.69 Å². The zero-order chi connectivity index (χ0) is 14.5. The van der Waals surface area contributed by atoms with E-state index in [-0.39, 0.29) is 11.9 Å². The third-order valence-electron chi connectivity index (χ3n) is 4.25. The lowest BCUT2D eigenvalue weighted by molar-refractivity contribution is -0.119. The molecule has 1 amide bonds. The van der Waals surface area contributed by atoms with Crippen molar-refractivity contribution in [2.45, 2.75) is 52.0 Å². The Morgan fingerprint density at radius 2 is 2.05 bits per heavy atom. The molecule has 1 aromatic rings. The molecule has 3 heteroatoms. The van der Waals surface area contributed by atoms with E-state index in [9.17, 15) is 4.79 Å². The van der Waals surface area contributed by atoms with E-state index in [0.29, 0.717) is 11.8 Å². The van der Waals surface area contributed by atoms with Crippen molar-refractivity contribution in [1.29, 1.82) is 0 Å². The van der Waals surface area contributed by atoms with Crippen LogP contribution in [0.15, 0.2) is 24.3 Å². The lowest BCUT2D eigenvalue weighted by atomic mass is 9.90. The van der Waals surface area contributed by atoms with Crippen molar-refractivity contribution in [3.63, 3.8) is 0 Å². The number of carbonyl (C=O) groups excluding carboxylic acids is 1. The Hall–Kier alpha value is -1.35. The van der Waals surface area contributed by atoms with Gasteiger partial charge in [-0.05, 0) is 48.9 Å². The molecular formula is C17H26N2O. The number of carbonyl (C=O) groups is 1. The van der Waals surface area contributed by atoms with Gasteiger partial charge in [0.2, 0.25) is 5.91 Å². The molecule has 3 nitrogen and oxygen atoms in total. The molecule has 0 aromatic heterocycles. The smallest absolute Gasteiger partial charge is 0.241 e. The highest BCUT2D eigenvalue weighted by molar-refractivity contribution is 5.94. The summed E-state index contributed by atoms with van der Waals surface area (Å²) in [6, 6.07) is 8.12. The number of anilines is 1. The van der Waals surface area contributed by atoms with Crippen molar-refractivity contribution in [1.82, 2.24) is 5.32 Å². The van der Waals surface area contributed by atoms with Gasteiger partial charge in [0.25, 0.3) is 0 Å². The maximum absolute atomic E-state index is 12.3. The third-order valence-corrected chi connectivity index (χ3v) is 4.25. The average Bonchev–Trinajstić information content (AvgIpc) is 2.47. The van der Waals surface area contributed by atoms with Gasteiger partial charge in [0.15, 0.2) is 0 Å². The minimum Gasteiger partial charge on any atom is -0.325 e. The van der Waals surface area contributed by atoms with Gasteiger partial charge in [-0.3, -0.25) is 4.79 Å². The van der Waals surface area contributed by atoms with Crippen molar-refractivity contribution >= 4 is 11.6 Å². The van der Waals surface area contributed by atoms with Gasteiger partial charge < -0.3 is 10.6 Å². The maximum Gasteiger partial charge on any atom is 0.241 e. The lowest BCUT2D eigenvalue weighted by Crippen LogP contribution is -2.46. The Labute approximate surface area is 122 Å². The molecule has 1 heterocycles. The summed E-state index contributed by atoms with van der Waals surface area (Å²) in [6.07, 6.45) is 3.30. The first-order valence-electron chi connectivity index (χ1n) is 7.74. The van der Waals surface area contributed by atoms with Crippen LogP contribution in [0.25, 0.3) is 0 Å². The summed E-state index contributed by atoms with van der Waals surface area (Å²) in [5, 5.41) is 6.34. The van der Waals surface area contributed by atoms with Crippen molar-refractivity contribution in [2.24, 2.45) is 5.92 Å². The predicted octanol–water partition coefficient (Wildman–Crippen LogP) is 3.53. The summed E-state index contributed by atoms with van der Waals surface area (Å²) in [7, 11) is 0. The first-order chi connectivity index (χ1) is 9.60. The largest absolute Gasteiger partial charge is 0.325 e. The zero-order valence-corrected chi connectivity index (χ0v) is 12.8. The highest BCUT2D eigenvalue weighted by Crippen LogP contribution is 2.21. The molecule has 1 fully saturated rings. The molecule has 0 radical (unpaired) electrons. The molecule has 2 rings (SSSR count). The first-order valence-corrected chi connectivity index (χ1v) is 7.74. The Morgan fingerprint density at radius 1 is 1.35 bits per heavy atom. The summed E-state index contributed by atoms with van der Waals surface area (Å²) in [6.45, 7) is 7.49. The van der Waals surface area contributed by atoms with Crippen LogP contribution in [0.1, 0.15) is 51.5 Å². The molecule has 20 heavy (non-hydrogen) atoms. The van der Waals surface area contributed by atoms with Crippen LogP contribution in [-0.2, 0) is 4.79 Å². The molecule has 0 bridgehead atoms. The number of rotatable bonds is 4. The SMILES string of the molecule is CCC1CCNC(C(=O)Nc2ccc(C(C)C)cc2)C1. The molecule has 2 unspecified atom stereocenters. The van der Waals surface area contributed by atoms with Crippen molar-refractivity contribution < 1.29 is 4.79 Å². The van der Waals surface area contributed by atoms with Gasteiger partial charge in [-0.1, -0.05) is 39.3 Å². The summed E-state index contributed by atoms with van der Waals surface area (Å²) in [5.74, 6) is 1.29. The van der Waals surface area contributed by atoms with Crippen LogP contribution >= 0.6 is 0 Å². The minimum absolute atomic E-state index is 0.0431. The molecule has 2 atom stereocenters. The minimum atomic E-state index is -0.0431. The fourth-order valence-electron chi connectivity index (χ4n) is 2.75. The van der Waals surface area contributed by atoms with Crippen molar-refractivity contribution in [3.8, 4) is 0 Å². The van der Waals surface area contributed by atoms with Crippen LogP contribution in [0.3, 0.4) is 0 Å². The van der Waals surface area contributed by atoms with E-state index in [1.165, 1.54) is 12.0 Å². The van der Waals surface area contributed by atoms with Gasteiger partial charge in [-0.2, -0.15) is 0 Å². The zero-order valence-electron chi connectivity index (χ0n) is 12.8. The van der Waals surface area contributed by atoms with E-state index in [0.717, 1.165) is 25.1 Å². The second kappa shape index (κ2) is 6.89. The van der Waals surface area contributed by atoms with Gasteiger partial charge >= 0.3 is 0 Å². The summed E-state index contributed by atoms with van der Waals surface area (Å²) < 4.78 is 0.